The van der Waals surface area contributed by atoms with Gasteiger partial charge in [0.15, 0.2) is 5.82 Å². The fraction of sp³-hybridized carbons (Fsp3) is 0.440. The monoisotopic (exact) mass is 480 g/mol. The lowest BCUT2D eigenvalue weighted by Gasteiger charge is -2.35. The summed E-state index contributed by atoms with van der Waals surface area (Å²) in [5.74, 6) is 0.569. The van der Waals surface area contributed by atoms with E-state index in [-0.39, 0.29) is 31.0 Å². The SMILES string of the molecule is CCCNc1nccc(-c2[nH]c(C3OCC(C)(C(=O)NC4CC4)CO3)nc2-c2ccc(F)cc2)n1. The van der Waals surface area contributed by atoms with Gasteiger partial charge in [0.05, 0.1) is 35.7 Å². The summed E-state index contributed by atoms with van der Waals surface area (Å²) in [5, 5.41) is 6.21. The fourth-order valence-corrected chi connectivity index (χ4v) is 3.81. The molecule has 1 aliphatic heterocycles. The van der Waals surface area contributed by atoms with E-state index in [9.17, 15) is 9.18 Å². The molecule has 1 saturated carbocycles. The summed E-state index contributed by atoms with van der Waals surface area (Å²) in [6, 6.07) is 8.16. The molecular formula is C25H29FN6O3. The second-order valence-electron chi connectivity index (χ2n) is 9.31. The Morgan fingerprint density at radius 1 is 1.17 bits per heavy atom. The van der Waals surface area contributed by atoms with Gasteiger partial charge >= 0.3 is 0 Å². The molecule has 0 atom stereocenters. The average molecular weight is 481 g/mol. The van der Waals surface area contributed by atoms with Crippen LogP contribution in [0.5, 0.6) is 0 Å². The highest BCUT2D eigenvalue weighted by Crippen LogP contribution is 2.36. The maximum Gasteiger partial charge on any atom is 0.230 e. The van der Waals surface area contributed by atoms with Crippen LogP contribution in [-0.4, -0.2) is 51.6 Å². The third-order valence-electron chi connectivity index (χ3n) is 6.08. The summed E-state index contributed by atoms with van der Waals surface area (Å²) in [6.45, 7) is 5.06. The zero-order valence-corrected chi connectivity index (χ0v) is 19.8. The number of imidazole rings is 1. The van der Waals surface area contributed by atoms with Crippen molar-refractivity contribution in [1.82, 2.24) is 25.3 Å². The van der Waals surface area contributed by atoms with Crippen molar-refractivity contribution in [3.05, 3.63) is 48.2 Å². The van der Waals surface area contributed by atoms with E-state index in [1.807, 2.05) is 6.92 Å². The molecule has 3 heterocycles. The van der Waals surface area contributed by atoms with Gasteiger partial charge in [-0.05, 0) is 56.5 Å². The number of aromatic nitrogens is 4. The van der Waals surface area contributed by atoms with Crippen molar-refractivity contribution < 1.29 is 18.7 Å². The zero-order chi connectivity index (χ0) is 24.4. The Bertz CT molecular complexity index is 1190. The Balaban J connectivity index is 1.42. The second-order valence-corrected chi connectivity index (χ2v) is 9.31. The number of benzene rings is 1. The molecule has 0 spiro atoms. The molecule has 0 unspecified atom stereocenters. The van der Waals surface area contributed by atoms with Gasteiger partial charge in [-0.25, -0.2) is 19.3 Å². The molecule has 2 aliphatic rings. The normalized spacial score (nSPS) is 22.1. The molecule has 2 aromatic heterocycles. The van der Waals surface area contributed by atoms with Gasteiger partial charge in [-0.1, -0.05) is 6.92 Å². The lowest BCUT2D eigenvalue weighted by molar-refractivity contribution is -0.231. The molecule has 35 heavy (non-hydrogen) atoms. The van der Waals surface area contributed by atoms with Gasteiger partial charge in [-0.2, -0.15) is 0 Å². The number of amides is 1. The maximum atomic E-state index is 13.6. The van der Waals surface area contributed by atoms with Crippen LogP contribution in [-0.2, 0) is 14.3 Å². The summed E-state index contributed by atoms with van der Waals surface area (Å²) in [5.41, 5.74) is 1.81. The molecule has 0 bridgehead atoms. The summed E-state index contributed by atoms with van der Waals surface area (Å²) in [6.07, 6.45) is 3.88. The molecule has 5 rings (SSSR count). The number of halogens is 1. The molecular weight excluding hydrogens is 451 g/mol. The van der Waals surface area contributed by atoms with Crippen LogP contribution in [0, 0.1) is 11.2 Å². The van der Waals surface area contributed by atoms with Crippen molar-refractivity contribution in [2.45, 2.75) is 45.4 Å². The molecule has 9 nitrogen and oxygen atoms in total. The van der Waals surface area contributed by atoms with Crippen molar-refractivity contribution in [1.29, 1.82) is 0 Å². The third-order valence-corrected chi connectivity index (χ3v) is 6.08. The van der Waals surface area contributed by atoms with Crippen molar-refractivity contribution in [2.75, 3.05) is 25.1 Å². The Kier molecular flexibility index (Phi) is 6.48. The van der Waals surface area contributed by atoms with Crippen LogP contribution in [0.4, 0.5) is 10.3 Å². The van der Waals surface area contributed by atoms with Crippen molar-refractivity contribution in [3.63, 3.8) is 0 Å². The smallest absolute Gasteiger partial charge is 0.230 e. The van der Waals surface area contributed by atoms with Crippen LogP contribution in [0.2, 0.25) is 0 Å². The molecule has 1 amide bonds. The van der Waals surface area contributed by atoms with Gasteiger partial charge in [0.25, 0.3) is 0 Å². The molecule has 1 saturated heterocycles. The molecule has 1 aromatic carbocycles. The van der Waals surface area contributed by atoms with Crippen LogP contribution < -0.4 is 10.6 Å². The highest BCUT2D eigenvalue weighted by Gasteiger charge is 2.42. The van der Waals surface area contributed by atoms with Gasteiger partial charge in [0.1, 0.15) is 5.82 Å². The van der Waals surface area contributed by atoms with E-state index >= 15 is 0 Å². The summed E-state index contributed by atoms with van der Waals surface area (Å²) in [4.78, 5) is 29.6. The molecule has 0 radical (unpaired) electrons. The highest BCUT2D eigenvalue weighted by atomic mass is 19.1. The second kappa shape index (κ2) is 9.71. The maximum absolute atomic E-state index is 13.6. The quantitative estimate of drug-likeness (QED) is 0.449. The number of carbonyl (C=O) groups is 1. The van der Waals surface area contributed by atoms with Gasteiger partial charge < -0.3 is 25.1 Å². The molecule has 184 valence electrons. The number of hydrogen-bond acceptors (Lipinski definition) is 7. The van der Waals surface area contributed by atoms with Crippen LogP contribution in [0.15, 0.2) is 36.5 Å². The fourth-order valence-electron chi connectivity index (χ4n) is 3.81. The van der Waals surface area contributed by atoms with Crippen LogP contribution in [0.1, 0.15) is 45.2 Å². The van der Waals surface area contributed by atoms with E-state index in [4.69, 9.17) is 14.5 Å². The van der Waals surface area contributed by atoms with Gasteiger partial charge in [0, 0.05) is 24.3 Å². The molecule has 10 heteroatoms. The Labute approximate surface area is 202 Å². The van der Waals surface area contributed by atoms with Gasteiger partial charge in [0.2, 0.25) is 18.1 Å². The largest absolute Gasteiger partial charge is 0.354 e. The van der Waals surface area contributed by atoms with Crippen molar-refractivity contribution in [3.8, 4) is 22.6 Å². The Morgan fingerprint density at radius 3 is 2.60 bits per heavy atom. The number of aromatic amines is 1. The van der Waals surface area contributed by atoms with Crippen LogP contribution >= 0.6 is 0 Å². The predicted octanol–water partition coefficient (Wildman–Crippen LogP) is 3.83. The summed E-state index contributed by atoms with van der Waals surface area (Å²) >= 11 is 0. The first-order valence-electron chi connectivity index (χ1n) is 11.9. The van der Waals surface area contributed by atoms with Crippen molar-refractivity contribution >= 4 is 11.9 Å². The lowest BCUT2D eigenvalue weighted by Crippen LogP contribution is -2.49. The first kappa shape index (κ1) is 23.4. The van der Waals surface area contributed by atoms with Crippen molar-refractivity contribution in [2.24, 2.45) is 5.41 Å². The standard InChI is InChI=1S/C25H29FN6O3/c1-3-11-27-24-28-12-10-18(30-24)20-19(15-4-6-16(26)7-5-15)31-21(32-20)22-34-13-25(2,14-35-22)23(33)29-17-8-9-17/h4-7,10,12,17,22H,3,8-9,11,13-14H2,1-2H3,(H,29,33)(H,31,32)(H,27,28,30). The molecule has 1 aliphatic carbocycles. The first-order chi connectivity index (χ1) is 16.9. The average Bonchev–Trinajstić information content (AvgIpc) is 3.58. The number of H-pyrrole nitrogens is 1. The van der Waals surface area contributed by atoms with E-state index in [1.54, 1.807) is 24.4 Å². The Hall–Kier alpha value is -3.37. The number of hydrogen-bond donors (Lipinski definition) is 3. The highest BCUT2D eigenvalue weighted by molar-refractivity contribution is 5.83. The van der Waals surface area contributed by atoms with E-state index in [1.165, 1.54) is 12.1 Å². The minimum absolute atomic E-state index is 0.0568. The zero-order valence-electron chi connectivity index (χ0n) is 19.8. The third kappa shape index (κ3) is 5.18. The molecule has 3 aromatic rings. The van der Waals surface area contributed by atoms with Crippen LogP contribution in [0.3, 0.4) is 0 Å². The van der Waals surface area contributed by atoms with Gasteiger partial charge in [-0.15, -0.1) is 0 Å². The number of anilines is 1. The first-order valence-corrected chi connectivity index (χ1v) is 11.9. The summed E-state index contributed by atoms with van der Waals surface area (Å²) in [7, 11) is 0. The molecule has 3 N–H and O–H groups in total. The van der Waals surface area contributed by atoms with E-state index in [2.05, 4.69) is 32.5 Å². The van der Waals surface area contributed by atoms with E-state index < -0.39 is 11.7 Å². The summed E-state index contributed by atoms with van der Waals surface area (Å²) < 4.78 is 25.5. The number of ether oxygens (including phenoxy) is 2. The minimum atomic E-state index is -0.774. The predicted molar refractivity (Wildman–Crippen MR) is 128 cm³/mol. The van der Waals surface area contributed by atoms with E-state index in [0.717, 1.165) is 31.4 Å². The Morgan fingerprint density at radius 2 is 1.91 bits per heavy atom. The van der Waals surface area contributed by atoms with Crippen LogP contribution in [0.25, 0.3) is 22.6 Å². The topological polar surface area (TPSA) is 114 Å². The number of nitrogens with zero attached hydrogens (tertiary/aromatic N) is 3. The van der Waals surface area contributed by atoms with Gasteiger partial charge in [-0.3, -0.25) is 4.79 Å². The number of nitrogens with one attached hydrogen (secondary N) is 3. The number of carbonyl (C=O) groups excluding carboxylic acids is 1. The van der Waals surface area contributed by atoms with E-state index in [0.29, 0.717) is 28.9 Å². The minimum Gasteiger partial charge on any atom is -0.354 e. The number of rotatable bonds is 8. The molecule has 2 fully saturated rings. The lowest BCUT2D eigenvalue weighted by atomic mass is 9.91.